The number of likely N-dealkylation sites (N-methyl/N-ethyl adjacent to an activating group) is 1. The number of carbonyl (C=O) groups is 1. The summed E-state index contributed by atoms with van der Waals surface area (Å²) in [5, 5.41) is 0. The molecule has 34 heavy (non-hydrogen) atoms. The summed E-state index contributed by atoms with van der Waals surface area (Å²) < 4.78 is 26.2. The van der Waals surface area contributed by atoms with E-state index in [1.54, 1.807) is 19.1 Å². The molecule has 8 nitrogen and oxygen atoms in total. The van der Waals surface area contributed by atoms with Crippen LogP contribution in [0.25, 0.3) is 11.0 Å². The van der Waals surface area contributed by atoms with Gasteiger partial charge in [-0.25, -0.2) is 9.78 Å². The Bertz CT molecular complexity index is 1010. The van der Waals surface area contributed by atoms with Crippen LogP contribution in [0.4, 0.5) is 4.79 Å². The van der Waals surface area contributed by atoms with Crippen LogP contribution in [0.3, 0.4) is 0 Å². The van der Waals surface area contributed by atoms with E-state index in [1.807, 2.05) is 39.0 Å². The number of carbonyl (C=O) groups excluding carboxylic acids is 1. The van der Waals surface area contributed by atoms with E-state index in [0.29, 0.717) is 13.1 Å². The van der Waals surface area contributed by atoms with Crippen LogP contribution in [0.2, 0.25) is 0 Å². The average Bonchev–Trinajstić information content (AvgIpc) is 3.18. The maximum absolute atomic E-state index is 12.5. The summed E-state index contributed by atoms with van der Waals surface area (Å²) >= 11 is 0. The van der Waals surface area contributed by atoms with Crippen molar-refractivity contribution in [2.45, 2.75) is 91.3 Å². The zero-order chi connectivity index (χ0) is 25.5. The van der Waals surface area contributed by atoms with Gasteiger partial charge in [-0.1, -0.05) is 19.1 Å². The lowest BCUT2D eigenvalue weighted by atomic mass is 9.78. The summed E-state index contributed by atoms with van der Waals surface area (Å²) in [6, 6.07) is 6.04. The Balaban J connectivity index is 1.93. The van der Waals surface area contributed by atoms with Gasteiger partial charge in [0.05, 0.1) is 41.4 Å². The van der Waals surface area contributed by atoms with Crippen molar-refractivity contribution in [2.24, 2.45) is 0 Å². The van der Waals surface area contributed by atoms with Crippen LogP contribution in [-0.2, 0) is 31.7 Å². The highest BCUT2D eigenvalue weighted by molar-refractivity contribution is 6.65. The molecule has 2 aromatic rings. The molecular weight excluding hydrogens is 433 g/mol. The second kappa shape index (κ2) is 9.51. The maximum Gasteiger partial charge on any atom is 0.497 e. The van der Waals surface area contributed by atoms with Crippen LogP contribution in [0.5, 0.6) is 0 Å². The van der Waals surface area contributed by atoms with Crippen molar-refractivity contribution in [3.8, 4) is 0 Å². The smallest absolute Gasteiger partial charge is 0.444 e. The number of ether oxygens (including phenoxy) is 2. The Morgan fingerprint density at radius 3 is 2.35 bits per heavy atom. The first-order valence-corrected chi connectivity index (χ1v) is 12.0. The number of benzene rings is 1. The van der Waals surface area contributed by atoms with Gasteiger partial charge < -0.3 is 28.2 Å². The molecule has 1 atom stereocenters. The number of fused-ring (bicyclic) bond motifs is 1. The predicted molar refractivity (Wildman–Crippen MR) is 134 cm³/mol. The van der Waals surface area contributed by atoms with E-state index in [4.69, 9.17) is 23.8 Å². The van der Waals surface area contributed by atoms with Gasteiger partial charge in [-0.05, 0) is 54.5 Å². The lowest BCUT2D eigenvalue weighted by molar-refractivity contribution is 0.00578. The highest BCUT2D eigenvalue weighted by atomic mass is 16.7. The number of rotatable bonds is 7. The topological polar surface area (TPSA) is 75.1 Å². The Morgan fingerprint density at radius 1 is 1.21 bits per heavy atom. The molecule has 0 bridgehead atoms. The first kappa shape index (κ1) is 26.5. The standard InChI is InChI=1S/C25H40BN3O5/c1-11-20-27-19-14-12-13-18(26-33-24(5,6)25(7,8)34-26)21(19)29(20)16-17(31-10)15-28(9)22(30)32-23(2,3)4/h12-14,17H,11,15-16H2,1-10H3. The van der Waals surface area contributed by atoms with Crippen molar-refractivity contribution in [1.29, 1.82) is 0 Å². The highest BCUT2D eigenvalue weighted by Gasteiger charge is 2.52. The predicted octanol–water partition coefficient (Wildman–Crippen LogP) is 3.78. The van der Waals surface area contributed by atoms with E-state index < -0.39 is 23.9 Å². The van der Waals surface area contributed by atoms with Crippen LogP contribution in [0.15, 0.2) is 18.2 Å². The molecule has 1 aromatic carbocycles. The highest BCUT2D eigenvalue weighted by Crippen LogP contribution is 2.37. The second-order valence-corrected chi connectivity index (χ2v) is 11.0. The van der Waals surface area contributed by atoms with Gasteiger partial charge in [-0.15, -0.1) is 0 Å². The van der Waals surface area contributed by atoms with Crippen molar-refractivity contribution in [3.63, 3.8) is 0 Å². The van der Waals surface area contributed by atoms with Crippen LogP contribution in [0.1, 0.15) is 61.2 Å². The SMILES string of the molecule is CCc1nc2cccc(B3OC(C)(C)C(C)(C)O3)c2n1CC(CN(C)C(=O)OC(C)(C)C)OC. The van der Waals surface area contributed by atoms with Crippen LogP contribution in [-0.4, -0.2) is 71.3 Å². The lowest BCUT2D eigenvalue weighted by Crippen LogP contribution is -2.41. The van der Waals surface area contributed by atoms with E-state index >= 15 is 0 Å². The summed E-state index contributed by atoms with van der Waals surface area (Å²) in [6.45, 7) is 16.8. The maximum atomic E-state index is 12.5. The van der Waals surface area contributed by atoms with Gasteiger partial charge >= 0.3 is 13.2 Å². The van der Waals surface area contributed by atoms with Gasteiger partial charge in [0.25, 0.3) is 0 Å². The molecule has 0 radical (unpaired) electrons. The largest absolute Gasteiger partial charge is 0.497 e. The van der Waals surface area contributed by atoms with Crippen molar-refractivity contribution >= 4 is 29.7 Å². The molecule has 0 aliphatic carbocycles. The first-order chi connectivity index (χ1) is 15.7. The van der Waals surface area contributed by atoms with E-state index in [0.717, 1.165) is 28.7 Å². The Morgan fingerprint density at radius 2 is 1.82 bits per heavy atom. The van der Waals surface area contributed by atoms with Crippen LogP contribution < -0.4 is 5.46 Å². The second-order valence-electron chi connectivity index (χ2n) is 11.0. The summed E-state index contributed by atoms with van der Waals surface area (Å²) in [5.41, 5.74) is 1.37. The number of methoxy groups -OCH3 is 1. The molecule has 2 heterocycles. The van der Waals surface area contributed by atoms with E-state index in [2.05, 4.69) is 39.2 Å². The molecule has 188 valence electrons. The molecule has 0 saturated carbocycles. The summed E-state index contributed by atoms with van der Waals surface area (Å²) in [6.07, 6.45) is 0.126. The fraction of sp³-hybridized carbons (Fsp3) is 0.680. The first-order valence-electron chi connectivity index (χ1n) is 12.0. The molecule has 1 aliphatic heterocycles. The number of aryl methyl sites for hydroxylation is 1. The average molecular weight is 473 g/mol. The number of nitrogens with zero attached hydrogens (tertiary/aromatic N) is 3. The quantitative estimate of drug-likeness (QED) is 0.570. The summed E-state index contributed by atoms with van der Waals surface area (Å²) in [4.78, 5) is 18.9. The molecule has 1 amide bonds. The monoisotopic (exact) mass is 473 g/mol. The molecule has 9 heteroatoms. The molecule has 1 saturated heterocycles. The van der Waals surface area contributed by atoms with E-state index in [1.165, 1.54) is 0 Å². The van der Waals surface area contributed by atoms with Crippen LogP contribution in [0, 0.1) is 0 Å². The van der Waals surface area contributed by atoms with E-state index in [-0.39, 0.29) is 12.2 Å². The van der Waals surface area contributed by atoms with Crippen molar-refractivity contribution in [2.75, 3.05) is 20.7 Å². The fourth-order valence-corrected chi connectivity index (χ4v) is 4.02. The Labute approximate surface area is 204 Å². The van der Waals surface area contributed by atoms with Gasteiger partial charge in [-0.3, -0.25) is 0 Å². The zero-order valence-corrected chi connectivity index (χ0v) is 22.4. The number of imidazole rings is 1. The molecule has 1 aromatic heterocycles. The van der Waals surface area contributed by atoms with Gasteiger partial charge in [0.1, 0.15) is 11.4 Å². The molecule has 1 unspecified atom stereocenters. The van der Waals surface area contributed by atoms with Crippen molar-refractivity contribution in [3.05, 3.63) is 24.0 Å². The third-order valence-corrected chi connectivity index (χ3v) is 6.60. The van der Waals surface area contributed by atoms with E-state index in [9.17, 15) is 4.79 Å². The molecule has 1 aliphatic rings. The molecule has 0 N–H and O–H groups in total. The summed E-state index contributed by atoms with van der Waals surface area (Å²) in [5.74, 6) is 0.945. The third-order valence-electron chi connectivity index (χ3n) is 6.60. The van der Waals surface area contributed by atoms with Gasteiger partial charge in [0, 0.05) is 26.0 Å². The normalized spacial score (nSPS) is 18.4. The fourth-order valence-electron chi connectivity index (χ4n) is 4.02. The van der Waals surface area contributed by atoms with Gasteiger partial charge in [-0.2, -0.15) is 0 Å². The number of hydrogen-bond donors (Lipinski definition) is 0. The van der Waals surface area contributed by atoms with Crippen molar-refractivity contribution in [1.82, 2.24) is 14.5 Å². The summed E-state index contributed by atoms with van der Waals surface area (Å²) in [7, 11) is 2.88. The number of hydrogen-bond acceptors (Lipinski definition) is 6. The molecule has 3 rings (SSSR count). The van der Waals surface area contributed by atoms with Gasteiger partial charge in [0.15, 0.2) is 0 Å². The number of para-hydroxylation sites is 1. The minimum Gasteiger partial charge on any atom is -0.444 e. The molecule has 1 fully saturated rings. The Kier molecular flexibility index (Phi) is 7.42. The number of amides is 1. The Hall–Kier alpha value is -2.10. The third kappa shape index (κ3) is 5.42. The molecular formula is C25H40BN3O5. The lowest BCUT2D eigenvalue weighted by Gasteiger charge is -2.32. The minimum atomic E-state index is -0.554. The van der Waals surface area contributed by atoms with Gasteiger partial charge in [0.2, 0.25) is 0 Å². The molecule has 0 spiro atoms. The number of aromatic nitrogens is 2. The zero-order valence-electron chi connectivity index (χ0n) is 22.4. The van der Waals surface area contributed by atoms with Crippen LogP contribution >= 0.6 is 0 Å². The van der Waals surface area contributed by atoms with Crippen molar-refractivity contribution < 1.29 is 23.6 Å². The minimum absolute atomic E-state index is 0.258.